The fourth-order valence-corrected chi connectivity index (χ4v) is 3.24. The SMILES string of the molecule is Clc1cccc(CN2CCN(Cc3ccccc3)CC2)c1Cl. The van der Waals surface area contributed by atoms with Crippen LogP contribution < -0.4 is 0 Å². The van der Waals surface area contributed by atoms with Crippen LogP contribution >= 0.6 is 23.2 Å². The van der Waals surface area contributed by atoms with Crippen LogP contribution in [-0.2, 0) is 13.1 Å². The molecule has 0 radical (unpaired) electrons. The molecular formula is C18H20Cl2N2. The molecule has 0 spiro atoms. The predicted molar refractivity (Wildman–Crippen MR) is 93.5 cm³/mol. The Morgan fingerprint density at radius 2 is 1.36 bits per heavy atom. The van der Waals surface area contributed by atoms with Crippen LogP contribution in [0.25, 0.3) is 0 Å². The van der Waals surface area contributed by atoms with Gasteiger partial charge in [0, 0.05) is 39.3 Å². The highest BCUT2D eigenvalue weighted by molar-refractivity contribution is 6.42. The first-order chi connectivity index (χ1) is 10.7. The smallest absolute Gasteiger partial charge is 0.0637 e. The van der Waals surface area contributed by atoms with Gasteiger partial charge in [0.1, 0.15) is 0 Å². The van der Waals surface area contributed by atoms with E-state index in [1.807, 2.05) is 12.1 Å². The van der Waals surface area contributed by atoms with Crippen LogP contribution in [0.1, 0.15) is 11.1 Å². The summed E-state index contributed by atoms with van der Waals surface area (Å²) in [5, 5.41) is 1.33. The third-order valence-corrected chi connectivity index (χ3v) is 5.00. The van der Waals surface area contributed by atoms with E-state index in [2.05, 4.69) is 46.2 Å². The third-order valence-electron chi connectivity index (χ3n) is 4.14. The van der Waals surface area contributed by atoms with Crippen molar-refractivity contribution < 1.29 is 0 Å². The number of hydrogen-bond acceptors (Lipinski definition) is 2. The molecule has 1 aliphatic rings. The minimum absolute atomic E-state index is 0.641. The molecule has 1 saturated heterocycles. The highest BCUT2D eigenvalue weighted by Crippen LogP contribution is 2.26. The van der Waals surface area contributed by atoms with Crippen LogP contribution in [0, 0.1) is 0 Å². The van der Waals surface area contributed by atoms with Crippen molar-refractivity contribution in [3.8, 4) is 0 Å². The maximum atomic E-state index is 6.28. The molecule has 3 rings (SSSR count). The van der Waals surface area contributed by atoms with Crippen LogP contribution in [0.4, 0.5) is 0 Å². The predicted octanol–water partition coefficient (Wildman–Crippen LogP) is 4.31. The average molecular weight is 335 g/mol. The normalized spacial score (nSPS) is 16.8. The zero-order chi connectivity index (χ0) is 15.4. The molecule has 0 amide bonds. The molecule has 0 aliphatic carbocycles. The molecule has 0 aromatic heterocycles. The fraction of sp³-hybridized carbons (Fsp3) is 0.333. The number of piperazine rings is 1. The Labute approximate surface area is 142 Å². The van der Waals surface area contributed by atoms with E-state index in [0.717, 1.165) is 44.8 Å². The molecule has 1 heterocycles. The summed E-state index contributed by atoms with van der Waals surface area (Å²) >= 11 is 12.4. The average Bonchev–Trinajstić information content (AvgIpc) is 2.55. The van der Waals surface area contributed by atoms with Crippen LogP contribution in [0.5, 0.6) is 0 Å². The van der Waals surface area contributed by atoms with Gasteiger partial charge in [0.15, 0.2) is 0 Å². The lowest BCUT2D eigenvalue weighted by molar-refractivity contribution is 0.122. The van der Waals surface area contributed by atoms with Gasteiger partial charge >= 0.3 is 0 Å². The number of hydrogen-bond donors (Lipinski definition) is 0. The molecular weight excluding hydrogens is 315 g/mol. The van der Waals surface area contributed by atoms with E-state index < -0.39 is 0 Å². The third kappa shape index (κ3) is 4.02. The molecule has 0 N–H and O–H groups in total. The Bertz CT molecular complexity index is 608. The van der Waals surface area contributed by atoms with Crippen LogP contribution in [0.2, 0.25) is 10.0 Å². The minimum atomic E-state index is 0.641. The summed E-state index contributed by atoms with van der Waals surface area (Å²) in [5.74, 6) is 0. The minimum Gasteiger partial charge on any atom is -0.297 e. The number of halogens is 2. The molecule has 0 unspecified atom stereocenters. The number of benzene rings is 2. The molecule has 22 heavy (non-hydrogen) atoms. The second-order valence-electron chi connectivity index (χ2n) is 5.75. The van der Waals surface area contributed by atoms with Crippen molar-refractivity contribution in [3.05, 3.63) is 69.7 Å². The quantitative estimate of drug-likeness (QED) is 0.821. The summed E-state index contributed by atoms with van der Waals surface area (Å²) in [6.45, 7) is 6.22. The van der Waals surface area contributed by atoms with Gasteiger partial charge in [0.05, 0.1) is 10.0 Å². The van der Waals surface area contributed by atoms with E-state index in [0.29, 0.717) is 10.0 Å². The van der Waals surface area contributed by atoms with Crippen LogP contribution in [0.3, 0.4) is 0 Å². The summed E-state index contributed by atoms with van der Waals surface area (Å²) in [4.78, 5) is 4.95. The van der Waals surface area contributed by atoms with Gasteiger partial charge in [0.2, 0.25) is 0 Å². The van der Waals surface area contributed by atoms with Crippen molar-refractivity contribution in [1.29, 1.82) is 0 Å². The van der Waals surface area contributed by atoms with E-state index >= 15 is 0 Å². The molecule has 0 saturated carbocycles. The summed E-state index contributed by atoms with van der Waals surface area (Å²) in [6.07, 6.45) is 0. The number of nitrogens with zero attached hydrogens (tertiary/aromatic N) is 2. The summed E-state index contributed by atoms with van der Waals surface area (Å²) in [6, 6.07) is 16.5. The second-order valence-corrected chi connectivity index (χ2v) is 6.54. The lowest BCUT2D eigenvalue weighted by atomic mass is 10.1. The van der Waals surface area contributed by atoms with Gasteiger partial charge in [-0.15, -0.1) is 0 Å². The first-order valence-corrected chi connectivity index (χ1v) is 8.39. The first-order valence-electron chi connectivity index (χ1n) is 7.64. The van der Waals surface area contributed by atoms with Gasteiger partial charge in [-0.05, 0) is 17.2 Å². The van der Waals surface area contributed by atoms with Gasteiger partial charge in [-0.3, -0.25) is 9.80 Å². The van der Waals surface area contributed by atoms with Crippen molar-refractivity contribution in [2.45, 2.75) is 13.1 Å². The Kier molecular flexibility index (Phi) is 5.37. The van der Waals surface area contributed by atoms with Gasteiger partial charge in [0.25, 0.3) is 0 Å². The van der Waals surface area contributed by atoms with E-state index in [4.69, 9.17) is 23.2 Å². The van der Waals surface area contributed by atoms with Crippen molar-refractivity contribution in [1.82, 2.24) is 9.80 Å². The molecule has 2 aromatic rings. The topological polar surface area (TPSA) is 6.48 Å². The Morgan fingerprint density at radius 1 is 0.727 bits per heavy atom. The molecule has 2 aromatic carbocycles. The molecule has 4 heteroatoms. The summed E-state index contributed by atoms with van der Waals surface area (Å²) in [5.41, 5.74) is 2.50. The second kappa shape index (κ2) is 7.47. The molecule has 0 atom stereocenters. The van der Waals surface area contributed by atoms with Crippen molar-refractivity contribution in [3.63, 3.8) is 0 Å². The zero-order valence-corrected chi connectivity index (χ0v) is 14.0. The van der Waals surface area contributed by atoms with Crippen molar-refractivity contribution in [2.24, 2.45) is 0 Å². The standard InChI is InChI=1S/C18H20Cl2N2/c19-17-8-4-7-16(18(17)20)14-22-11-9-21(10-12-22)13-15-5-2-1-3-6-15/h1-8H,9-14H2. The van der Waals surface area contributed by atoms with Crippen LogP contribution in [-0.4, -0.2) is 36.0 Å². The Morgan fingerprint density at radius 3 is 2.05 bits per heavy atom. The molecule has 2 nitrogen and oxygen atoms in total. The van der Waals surface area contributed by atoms with Gasteiger partial charge in [-0.2, -0.15) is 0 Å². The lowest BCUT2D eigenvalue weighted by Gasteiger charge is -2.35. The van der Waals surface area contributed by atoms with Gasteiger partial charge in [-0.25, -0.2) is 0 Å². The summed E-state index contributed by atoms with van der Waals surface area (Å²) < 4.78 is 0. The largest absolute Gasteiger partial charge is 0.297 e. The van der Waals surface area contributed by atoms with Crippen molar-refractivity contribution in [2.75, 3.05) is 26.2 Å². The van der Waals surface area contributed by atoms with Gasteiger partial charge < -0.3 is 0 Å². The van der Waals surface area contributed by atoms with E-state index in [9.17, 15) is 0 Å². The Balaban J connectivity index is 1.52. The monoisotopic (exact) mass is 334 g/mol. The highest BCUT2D eigenvalue weighted by Gasteiger charge is 2.18. The molecule has 116 valence electrons. The lowest BCUT2D eigenvalue weighted by Crippen LogP contribution is -2.45. The fourth-order valence-electron chi connectivity index (χ4n) is 2.86. The first kappa shape index (κ1) is 15.8. The van der Waals surface area contributed by atoms with Crippen molar-refractivity contribution >= 4 is 23.2 Å². The maximum Gasteiger partial charge on any atom is 0.0637 e. The van der Waals surface area contributed by atoms with E-state index in [1.165, 1.54) is 5.56 Å². The van der Waals surface area contributed by atoms with E-state index in [-0.39, 0.29) is 0 Å². The highest BCUT2D eigenvalue weighted by atomic mass is 35.5. The summed E-state index contributed by atoms with van der Waals surface area (Å²) in [7, 11) is 0. The zero-order valence-electron chi connectivity index (χ0n) is 12.5. The molecule has 0 bridgehead atoms. The Hall–Kier alpha value is -1.06. The van der Waals surface area contributed by atoms with Gasteiger partial charge in [-0.1, -0.05) is 65.7 Å². The number of rotatable bonds is 4. The molecule has 1 aliphatic heterocycles. The molecule has 1 fully saturated rings. The van der Waals surface area contributed by atoms with Crippen LogP contribution in [0.15, 0.2) is 48.5 Å². The maximum absolute atomic E-state index is 6.28. The van der Waals surface area contributed by atoms with E-state index in [1.54, 1.807) is 0 Å².